The van der Waals surface area contributed by atoms with Crippen LogP contribution in [-0.4, -0.2) is 57.5 Å². The summed E-state index contributed by atoms with van der Waals surface area (Å²) < 4.78 is 5.73. The van der Waals surface area contributed by atoms with Gasteiger partial charge in [0.15, 0.2) is 12.0 Å². The number of aromatic hydroxyl groups is 1. The van der Waals surface area contributed by atoms with Crippen LogP contribution in [0.3, 0.4) is 0 Å². The van der Waals surface area contributed by atoms with Crippen molar-refractivity contribution < 1.29 is 29.3 Å². The van der Waals surface area contributed by atoms with Gasteiger partial charge < -0.3 is 19.8 Å². The van der Waals surface area contributed by atoms with E-state index in [2.05, 4.69) is 4.98 Å². The maximum atomic E-state index is 13.0. The quantitative estimate of drug-likeness (QED) is 0.734. The Kier molecular flexibility index (Phi) is 5.88. The lowest BCUT2D eigenvalue weighted by molar-refractivity contribution is 0.0516. The molecule has 1 amide bonds. The number of pyridine rings is 1. The molecule has 1 aromatic heterocycles. The molecule has 1 aliphatic rings. The number of hydrogen-bond acceptors (Lipinski definition) is 6. The fraction of sp³-hybridized carbons (Fsp3) is 0.300. The fourth-order valence-corrected chi connectivity index (χ4v) is 3.31. The van der Waals surface area contributed by atoms with Gasteiger partial charge in [0.05, 0.1) is 17.2 Å². The van der Waals surface area contributed by atoms with E-state index in [0.29, 0.717) is 19.3 Å². The van der Waals surface area contributed by atoms with E-state index in [9.17, 15) is 24.6 Å². The van der Waals surface area contributed by atoms with Crippen molar-refractivity contribution in [3.63, 3.8) is 0 Å². The number of likely N-dealkylation sites (tertiary alicyclic amines) is 1. The van der Waals surface area contributed by atoms with Gasteiger partial charge in [-0.2, -0.15) is 0 Å². The van der Waals surface area contributed by atoms with Crippen molar-refractivity contribution in [3.8, 4) is 11.5 Å². The van der Waals surface area contributed by atoms with Crippen molar-refractivity contribution in [2.75, 3.05) is 13.2 Å². The molecule has 0 unspecified atom stereocenters. The average Bonchev–Trinajstić information content (AvgIpc) is 2.72. The number of aromatic nitrogens is 1. The number of piperidine rings is 1. The molecule has 0 radical (unpaired) electrons. The zero-order chi connectivity index (χ0) is 20.1. The van der Waals surface area contributed by atoms with Crippen molar-refractivity contribution in [3.05, 3.63) is 53.3 Å². The Morgan fingerprint density at radius 3 is 2.82 bits per heavy atom. The minimum absolute atomic E-state index is 0.0350. The van der Waals surface area contributed by atoms with Gasteiger partial charge >= 0.3 is 5.97 Å². The second kappa shape index (κ2) is 8.51. The van der Waals surface area contributed by atoms with Crippen LogP contribution < -0.4 is 4.74 Å². The third-order valence-electron chi connectivity index (χ3n) is 4.72. The number of carbonyl (C=O) groups excluding carboxylic acids is 2. The summed E-state index contributed by atoms with van der Waals surface area (Å²) in [4.78, 5) is 41.0. The molecule has 2 N–H and O–H groups in total. The lowest BCUT2D eigenvalue weighted by atomic mass is 10.0. The van der Waals surface area contributed by atoms with Gasteiger partial charge in [-0.3, -0.25) is 9.59 Å². The van der Waals surface area contributed by atoms with E-state index in [4.69, 9.17) is 4.74 Å². The van der Waals surface area contributed by atoms with Crippen molar-refractivity contribution in [2.24, 2.45) is 0 Å². The van der Waals surface area contributed by atoms with Gasteiger partial charge in [-0.15, -0.1) is 0 Å². The van der Waals surface area contributed by atoms with Crippen molar-refractivity contribution in [1.29, 1.82) is 0 Å². The number of carboxylic acids is 1. The second-order valence-electron chi connectivity index (χ2n) is 6.47. The number of carboxylic acid groups (broad SMARTS) is 1. The molecular formula is C20H20N2O6. The Morgan fingerprint density at radius 1 is 1.25 bits per heavy atom. The Balaban J connectivity index is 1.80. The van der Waals surface area contributed by atoms with E-state index in [-0.39, 0.29) is 41.0 Å². The molecule has 0 aliphatic carbocycles. The van der Waals surface area contributed by atoms with Crippen molar-refractivity contribution in [2.45, 2.75) is 25.3 Å². The first-order valence-corrected chi connectivity index (χ1v) is 8.92. The van der Waals surface area contributed by atoms with Gasteiger partial charge in [0.1, 0.15) is 18.1 Å². The summed E-state index contributed by atoms with van der Waals surface area (Å²) in [5.41, 5.74) is -0.196. The Hall–Kier alpha value is -3.42. The highest BCUT2D eigenvalue weighted by Gasteiger charge is 2.31. The molecule has 0 saturated carbocycles. The number of hydrogen-bond donors (Lipinski definition) is 2. The summed E-state index contributed by atoms with van der Waals surface area (Å²) in [6.45, 7) is 0.597. The monoisotopic (exact) mass is 384 g/mol. The first kappa shape index (κ1) is 19.3. The fourth-order valence-electron chi connectivity index (χ4n) is 3.31. The minimum atomic E-state index is -1.26. The molecule has 2 aromatic rings. The molecule has 1 aliphatic heterocycles. The maximum Gasteiger partial charge on any atom is 0.355 e. The number of amides is 1. The van der Waals surface area contributed by atoms with Crippen LogP contribution in [-0.2, 0) is 0 Å². The highest BCUT2D eigenvalue weighted by atomic mass is 16.5. The molecule has 1 saturated heterocycles. The molecule has 0 bridgehead atoms. The third kappa shape index (κ3) is 3.95. The standard InChI is InChI=1S/C20H20N2O6/c23-11-15-16(24)7-3-8-17(15)28-12-13-5-1-2-10-22(13)19(25)14-6-4-9-21-18(14)20(26)27/h3-4,6-9,11,13,24H,1-2,5,10,12H2,(H,26,27)/t13-/m0/s1. The number of carbonyl (C=O) groups is 3. The molecule has 8 nitrogen and oxygen atoms in total. The van der Waals surface area contributed by atoms with E-state index in [1.54, 1.807) is 17.0 Å². The average molecular weight is 384 g/mol. The van der Waals surface area contributed by atoms with Crippen LogP contribution in [0, 0.1) is 0 Å². The third-order valence-corrected chi connectivity index (χ3v) is 4.72. The summed E-state index contributed by atoms with van der Waals surface area (Å²) in [6.07, 6.45) is 4.24. The number of rotatable bonds is 6. The summed E-state index contributed by atoms with van der Waals surface area (Å²) >= 11 is 0. The van der Waals surface area contributed by atoms with Crippen LogP contribution in [0.2, 0.25) is 0 Å². The number of aromatic carboxylic acids is 1. The largest absolute Gasteiger partial charge is 0.507 e. The molecule has 1 fully saturated rings. The van der Waals surface area contributed by atoms with Gasteiger partial charge in [-0.05, 0) is 43.5 Å². The molecular weight excluding hydrogens is 364 g/mol. The molecule has 28 heavy (non-hydrogen) atoms. The van der Waals surface area contributed by atoms with Gasteiger partial charge in [-0.1, -0.05) is 6.07 Å². The SMILES string of the molecule is O=Cc1c(O)cccc1OC[C@@H]1CCCCN1C(=O)c1cccnc1C(=O)O. The molecule has 146 valence electrons. The van der Waals surface area contributed by atoms with Gasteiger partial charge in [-0.25, -0.2) is 9.78 Å². The number of phenolic OH excluding ortho intramolecular Hbond substituents is 1. The predicted octanol–water partition coefficient (Wildman–Crippen LogP) is 2.37. The Bertz CT molecular complexity index is 898. The van der Waals surface area contributed by atoms with Crippen LogP contribution in [0.5, 0.6) is 11.5 Å². The van der Waals surface area contributed by atoms with Gasteiger partial charge in [0, 0.05) is 12.7 Å². The number of phenols is 1. The second-order valence-corrected chi connectivity index (χ2v) is 6.47. The zero-order valence-corrected chi connectivity index (χ0v) is 15.1. The predicted molar refractivity (Wildman–Crippen MR) is 98.9 cm³/mol. The lowest BCUT2D eigenvalue weighted by Crippen LogP contribution is -2.47. The molecule has 8 heteroatoms. The Labute approximate surface area is 161 Å². The maximum absolute atomic E-state index is 13.0. The molecule has 1 aromatic carbocycles. The first-order chi connectivity index (χ1) is 13.5. The van der Waals surface area contributed by atoms with E-state index in [1.807, 2.05) is 0 Å². The van der Waals surface area contributed by atoms with Crippen LogP contribution in [0.4, 0.5) is 0 Å². The van der Waals surface area contributed by atoms with Gasteiger partial charge in [0.2, 0.25) is 0 Å². The summed E-state index contributed by atoms with van der Waals surface area (Å²) in [7, 11) is 0. The number of ether oxygens (including phenoxy) is 1. The smallest absolute Gasteiger partial charge is 0.355 e. The molecule has 3 rings (SSSR count). The Morgan fingerprint density at radius 2 is 2.07 bits per heavy atom. The van der Waals surface area contributed by atoms with E-state index in [0.717, 1.165) is 12.8 Å². The van der Waals surface area contributed by atoms with E-state index >= 15 is 0 Å². The normalized spacial score (nSPS) is 16.4. The lowest BCUT2D eigenvalue weighted by Gasteiger charge is -2.35. The van der Waals surface area contributed by atoms with Crippen LogP contribution in [0.1, 0.15) is 50.5 Å². The molecule has 0 spiro atoms. The minimum Gasteiger partial charge on any atom is -0.507 e. The number of nitrogens with zero attached hydrogens (tertiary/aromatic N) is 2. The van der Waals surface area contributed by atoms with Crippen molar-refractivity contribution >= 4 is 18.2 Å². The van der Waals surface area contributed by atoms with E-state index < -0.39 is 11.9 Å². The number of benzene rings is 1. The molecule has 2 heterocycles. The highest BCUT2D eigenvalue weighted by molar-refractivity contribution is 6.03. The summed E-state index contributed by atoms with van der Waals surface area (Å²) in [6, 6.07) is 7.22. The summed E-state index contributed by atoms with van der Waals surface area (Å²) in [5, 5.41) is 19.1. The highest BCUT2D eigenvalue weighted by Crippen LogP contribution is 2.27. The van der Waals surface area contributed by atoms with Gasteiger partial charge in [0.25, 0.3) is 5.91 Å². The summed E-state index contributed by atoms with van der Waals surface area (Å²) in [5.74, 6) is -1.61. The van der Waals surface area contributed by atoms with Crippen LogP contribution >= 0.6 is 0 Å². The topological polar surface area (TPSA) is 117 Å². The van der Waals surface area contributed by atoms with Crippen LogP contribution in [0.25, 0.3) is 0 Å². The first-order valence-electron chi connectivity index (χ1n) is 8.92. The number of aldehydes is 1. The zero-order valence-electron chi connectivity index (χ0n) is 15.1. The molecule has 1 atom stereocenters. The van der Waals surface area contributed by atoms with Crippen LogP contribution in [0.15, 0.2) is 36.5 Å². The van der Waals surface area contributed by atoms with Crippen molar-refractivity contribution in [1.82, 2.24) is 9.88 Å². The van der Waals surface area contributed by atoms with E-state index in [1.165, 1.54) is 24.4 Å².